The molecular weight excluding hydrogens is 306 g/mol. The zero-order chi connectivity index (χ0) is 14.0. The summed E-state index contributed by atoms with van der Waals surface area (Å²) in [4.78, 5) is 24.1. The van der Waals surface area contributed by atoms with E-state index >= 15 is 0 Å². The predicted octanol–water partition coefficient (Wildman–Crippen LogP) is 3.11. The molecule has 0 radical (unpaired) electrons. The molecule has 0 fully saturated rings. The molecule has 0 unspecified atom stereocenters. The molecule has 3 nitrogen and oxygen atoms in total. The van der Waals surface area contributed by atoms with Crippen LogP contribution in [-0.2, 0) is 6.54 Å². The number of pyridine rings is 1. The van der Waals surface area contributed by atoms with Gasteiger partial charge < -0.3 is 4.57 Å². The summed E-state index contributed by atoms with van der Waals surface area (Å²) < 4.78 is 2.23. The van der Waals surface area contributed by atoms with Crippen LogP contribution in [0.25, 0.3) is 0 Å². The molecule has 19 heavy (non-hydrogen) atoms. The Morgan fingerprint density at radius 3 is 2.68 bits per heavy atom. The number of hydrogen-bond acceptors (Lipinski definition) is 2. The number of benzene rings is 1. The molecule has 0 spiro atoms. The van der Waals surface area contributed by atoms with E-state index in [1.165, 1.54) is 4.57 Å². The fourth-order valence-electron chi connectivity index (χ4n) is 1.92. The Morgan fingerprint density at radius 2 is 2.00 bits per heavy atom. The van der Waals surface area contributed by atoms with E-state index in [4.69, 9.17) is 0 Å². The summed E-state index contributed by atoms with van der Waals surface area (Å²) in [5.41, 5.74) is 2.14. The molecule has 0 aliphatic carbocycles. The highest BCUT2D eigenvalue weighted by Gasteiger charge is 2.09. The van der Waals surface area contributed by atoms with Crippen molar-refractivity contribution < 1.29 is 4.79 Å². The monoisotopic (exact) mass is 319 g/mol. The van der Waals surface area contributed by atoms with E-state index in [1.807, 2.05) is 25.1 Å². The Balaban J connectivity index is 2.32. The van der Waals surface area contributed by atoms with Crippen molar-refractivity contribution in [1.29, 1.82) is 0 Å². The minimum Gasteiger partial charge on any atom is -0.306 e. The van der Waals surface area contributed by atoms with Gasteiger partial charge in [-0.15, -0.1) is 0 Å². The molecule has 0 bridgehead atoms. The van der Waals surface area contributed by atoms with E-state index in [1.54, 1.807) is 25.3 Å². The van der Waals surface area contributed by atoms with Crippen molar-refractivity contribution in [3.8, 4) is 0 Å². The van der Waals surface area contributed by atoms with E-state index in [9.17, 15) is 9.59 Å². The normalized spacial score (nSPS) is 10.5. The molecule has 4 heteroatoms. The van der Waals surface area contributed by atoms with Gasteiger partial charge in [-0.2, -0.15) is 0 Å². The number of carbonyl (C=O) groups excluding carboxylic acids is 1. The lowest BCUT2D eigenvalue weighted by Crippen LogP contribution is -2.25. The van der Waals surface area contributed by atoms with Gasteiger partial charge >= 0.3 is 0 Å². The van der Waals surface area contributed by atoms with Crippen LogP contribution in [0, 0.1) is 13.8 Å². The number of aromatic nitrogens is 1. The van der Waals surface area contributed by atoms with Crippen LogP contribution in [0.15, 0.2) is 45.8 Å². The molecule has 2 rings (SSSR count). The Hall–Kier alpha value is -1.68. The standard InChI is InChI=1S/C15H14BrNO2/c1-10-4-3-5-12(6-10)14(18)9-17-8-13(16)7-11(2)15(17)19/h3-8H,9H2,1-2H3. The van der Waals surface area contributed by atoms with E-state index in [0.717, 1.165) is 10.0 Å². The second-order valence-electron chi connectivity index (χ2n) is 4.57. The van der Waals surface area contributed by atoms with Crippen molar-refractivity contribution in [2.45, 2.75) is 20.4 Å². The van der Waals surface area contributed by atoms with Gasteiger partial charge in [0.2, 0.25) is 0 Å². The third-order valence-electron chi connectivity index (χ3n) is 2.89. The third kappa shape index (κ3) is 3.20. The first-order valence-electron chi connectivity index (χ1n) is 5.94. The summed E-state index contributed by atoms with van der Waals surface area (Å²) in [6, 6.07) is 9.13. The second-order valence-corrected chi connectivity index (χ2v) is 5.48. The minimum atomic E-state index is -0.135. The van der Waals surface area contributed by atoms with Gasteiger partial charge in [0.1, 0.15) is 0 Å². The van der Waals surface area contributed by atoms with Crippen molar-refractivity contribution >= 4 is 21.7 Å². The average Bonchev–Trinajstić information content (AvgIpc) is 2.35. The number of ketones is 1. The van der Waals surface area contributed by atoms with Gasteiger partial charge in [0.25, 0.3) is 5.56 Å². The van der Waals surface area contributed by atoms with Crippen LogP contribution in [0.3, 0.4) is 0 Å². The fourth-order valence-corrected chi connectivity index (χ4v) is 2.51. The van der Waals surface area contributed by atoms with E-state index in [2.05, 4.69) is 15.9 Å². The summed E-state index contributed by atoms with van der Waals surface area (Å²) in [5, 5.41) is 0. The summed E-state index contributed by atoms with van der Waals surface area (Å²) in [6.45, 7) is 3.73. The Labute approximate surface area is 120 Å². The number of aryl methyl sites for hydroxylation is 2. The highest BCUT2D eigenvalue weighted by molar-refractivity contribution is 9.10. The van der Waals surface area contributed by atoms with Gasteiger partial charge in [0.05, 0.1) is 6.54 Å². The molecule has 0 atom stereocenters. The van der Waals surface area contributed by atoms with Crippen LogP contribution in [0.4, 0.5) is 0 Å². The van der Waals surface area contributed by atoms with Crippen LogP contribution < -0.4 is 5.56 Å². The van der Waals surface area contributed by atoms with Gasteiger partial charge in [0.15, 0.2) is 5.78 Å². The van der Waals surface area contributed by atoms with Gasteiger partial charge in [0, 0.05) is 21.8 Å². The molecule has 0 saturated carbocycles. The maximum atomic E-state index is 12.2. The van der Waals surface area contributed by atoms with Crippen LogP contribution in [0.5, 0.6) is 0 Å². The fraction of sp³-hybridized carbons (Fsp3) is 0.200. The van der Waals surface area contributed by atoms with E-state index in [0.29, 0.717) is 11.1 Å². The zero-order valence-corrected chi connectivity index (χ0v) is 12.4. The highest BCUT2D eigenvalue weighted by atomic mass is 79.9. The van der Waals surface area contributed by atoms with Crippen LogP contribution in [0.1, 0.15) is 21.5 Å². The first kappa shape index (κ1) is 13.7. The summed E-state index contributed by atoms with van der Waals surface area (Å²) >= 11 is 3.33. The second kappa shape index (κ2) is 5.53. The number of halogens is 1. The molecule has 0 aliphatic heterocycles. The van der Waals surface area contributed by atoms with Gasteiger partial charge in [-0.3, -0.25) is 9.59 Å². The molecule has 0 N–H and O–H groups in total. The molecule has 1 aromatic carbocycles. The van der Waals surface area contributed by atoms with Crippen LogP contribution in [-0.4, -0.2) is 10.4 Å². The Bertz CT molecular complexity index is 689. The molecule has 0 aliphatic rings. The number of hydrogen-bond donors (Lipinski definition) is 0. The van der Waals surface area contributed by atoms with E-state index < -0.39 is 0 Å². The van der Waals surface area contributed by atoms with Gasteiger partial charge in [-0.25, -0.2) is 0 Å². The third-order valence-corrected chi connectivity index (χ3v) is 3.32. The maximum absolute atomic E-state index is 12.2. The number of rotatable bonds is 3. The number of Topliss-reactive ketones (excluding diaryl/α,β-unsaturated/α-hetero) is 1. The highest BCUT2D eigenvalue weighted by Crippen LogP contribution is 2.10. The smallest absolute Gasteiger partial charge is 0.253 e. The molecule has 0 saturated heterocycles. The minimum absolute atomic E-state index is 0.0581. The molecule has 98 valence electrons. The Kier molecular flexibility index (Phi) is 4.00. The molecule has 2 aromatic rings. The first-order valence-corrected chi connectivity index (χ1v) is 6.73. The summed E-state index contributed by atoms with van der Waals surface area (Å²) in [7, 11) is 0. The predicted molar refractivity (Wildman–Crippen MR) is 78.6 cm³/mol. The average molecular weight is 320 g/mol. The zero-order valence-electron chi connectivity index (χ0n) is 10.8. The lowest BCUT2D eigenvalue weighted by molar-refractivity contribution is 0.0970. The van der Waals surface area contributed by atoms with E-state index in [-0.39, 0.29) is 17.9 Å². The SMILES string of the molecule is Cc1cccc(C(=O)Cn2cc(Br)cc(C)c2=O)c1. The lowest BCUT2D eigenvalue weighted by atomic mass is 10.1. The molecule has 0 amide bonds. The summed E-state index contributed by atoms with van der Waals surface area (Å²) in [5.74, 6) is -0.0664. The number of carbonyl (C=O) groups is 1. The largest absolute Gasteiger partial charge is 0.306 e. The van der Waals surface area contributed by atoms with Gasteiger partial charge in [-0.05, 0) is 41.9 Å². The quantitative estimate of drug-likeness (QED) is 0.815. The first-order chi connectivity index (χ1) is 8.97. The van der Waals surface area contributed by atoms with Crippen molar-refractivity contribution in [1.82, 2.24) is 4.57 Å². The topological polar surface area (TPSA) is 39.1 Å². The van der Waals surface area contributed by atoms with Gasteiger partial charge in [-0.1, -0.05) is 23.8 Å². The molecule has 1 aromatic heterocycles. The van der Waals surface area contributed by atoms with Crippen LogP contribution >= 0.6 is 15.9 Å². The molecule has 1 heterocycles. The van der Waals surface area contributed by atoms with Crippen molar-refractivity contribution in [2.24, 2.45) is 0 Å². The lowest BCUT2D eigenvalue weighted by Gasteiger charge is -2.07. The van der Waals surface area contributed by atoms with Crippen molar-refractivity contribution in [2.75, 3.05) is 0 Å². The molecular formula is C15H14BrNO2. The Morgan fingerprint density at radius 1 is 1.26 bits per heavy atom. The maximum Gasteiger partial charge on any atom is 0.253 e. The van der Waals surface area contributed by atoms with Crippen molar-refractivity contribution in [3.63, 3.8) is 0 Å². The summed E-state index contributed by atoms with van der Waals surface area (Å²) in [6.07, 6.45) is 1.64. The van der Waals surface area contributed by atoms with Crippen molar-refractivity contribution in [3.05, 3.63) is 68.0 Å². The van der Waals surface area contributed by atoms with Crippen LogP contribution in [0.2, 0.25) is 0 Å². The number of nitrogens with zero attached hydrogens (tertiary/aromatic N) is 1.